The Labute approximate surface area is 126 Å². The minimum atomic E-state index is -0.286. The van der Waals surface area contributed by atoms with Crippen molar-refractivity contribution in [3.63, 3.8) is 0 Å². The predicted octanol–water partition coefficient (Wildman–Crippen LogP) is 1.71. The van der Waals surface area contributed by atoms with Crippen molar-refractivity contribution in [3.05, 3.63) is 29.4 Å². The third-order valence-electron chi connectivity index (χ3n) is 3.00. The lowest BCUT2D eigenvalue weighted by Gasteiger charge is -2.10. The zero-order chi connectivity index (χ0) is 15.4. The minimum absolute atomic E-state index is 0.0956. The molecule has 1 atom stereocenters. The van der Waals surface area contributed by atoms with Gasteiger partial charge in [-0.3, -0.25) is 4.79 Å². The number of aliphatic hydroxyl groups is 1. The molecule has 3 N–H and O–H groups in total. The lowest BCUT2D eigenvalue weighted by Crippen LogP contribution is -2.34. The molecule has 0 bridgehead atoms. The molecule has 0 aromatic carbocycles. The standard InChI is InChI=1S/C14H18N4O2S/c1-4-5-15-12-10-9(3)11(13(20)18-8(2)6-19)21-14(10)17-7-16-12/h4,7-8,19H,1,5-6H2,2-3H3,(H,18,20)(H,15,16,17). The summed E-state index contributed by atoms with van der Waals surface area (Å²) in [5.74, 6) is 0.495. The lowest BCUT2D eigenvalue weighted by atomic mass is 10.2. The van der Waals surface area contributed by atoms with Crippen LogP contribution in [0.2, 0.25) is 0 Å². The number of hydrogen-bond donors (Lipinski definition) is 3. The lowest BCUT2D eigenvalue weighted by molar-refractivity contribution is 0.0926. The molecule has 7 heteroatoms. The fourth-order valence-corrected chi connectivity index (χ4v) is 2.98. The molecule has 1 amide bonds. The van der Waals surface area contributed by atoms with Crippen molar-refractivity contribution >= 4 is 33.3 Å². The number of anilines is 1. The number of aryl methyl sites for hydroxylation is 1. The van der Waals surface area contributed by atoms with Crippen molar-refractivity contribution in [2.45, 2.75) is 19.9 Å². The summed E-state index contributed by atoms with van der Waals surface area (Å²) in [7, 11) is 0. The number of rotatable bonds is 6. The summed E-state index contributed by atoms with van der Waals surface area (Å²) in [5.41, 5.74) is 0.838. The Morgan fingerprint density at radius 1 is 1.57 bits per heavy atom. The Hall–Kier alpha value is -1.99. The second kappa shape index (κ2) is 6.64. The highest BCUT2D eigenvalue weighted by Gasteiger charge is 2.20. The summed E-state index contributed by atoms with van der Waals surface area (Å²) in [5, 5.41) is 15.8. The highest BCUT2D eigenvalue weighted by Crippen LogP contribution is 2.33. The summed E-state index contributed by atoms with van der Waals surface area (Å²) in [4.78, 5) is 22.0. The van der Waals surface area contributed by atoms with Gasteiger partial charge in [0, 0.05) is 12.6 Å². The molecule has 2 aromatic rings. The van der Waals surface area contributed by atoms with E-state index in [0.29, 0.717) is 17.2 Å². The van der Waals surface area contributed by atoms with E-state index in [4.69, 9.17) is 5.11 Å². The average molecular weight is 306 g/mol. The molecule has 2 aromatic heterocycles. The molecule has 21 heavy (non-hydrogen) atoms. The van der Waals surface area contributed by atoms with Crippen LogP contribution >= 0.6 is 11.3 Å². The van der Waals surface area contributed by atoms with E-state index in [-0.39, 0.29) is 18.6 Å². The summed E-state index contributed by atoms with van der Waals surface area (Å²) in [6.07, 6.45) is 3.22. The van der Waals surface area contributed by atoms with E-state index in [1.54, 1.807) is 13.0 Å². The Kier molecular flexibility index (Phi) is 4.87. The number of aromatic nitrogens is 2. The van der Waals surface area contributed by atoms with E-state index in [9.17, 15) is 4.79 Å². The van der Waals surface area contributed by atoms with Crippen LogP contribution in [0, 0.1) is 6.92 Å². The number of carbonyl (C=O) groups is 1. The SMILES string of the molecule is C=CCNc1ncnc2sc(C(=O)NC(C)CO)c(C)c12. The first-order valence-corrected chi connectivity index (χ1v) is 7.40. The van der Waals surface area contributed by atoms with Crippen LogP contribution in [0.15, 0.2) is 19.0 Å². The van der Waals surface area contributed by atoms with E-state index in [1.807, 2.05) is 6.92 Å². The maximum atomic E-state index is 12.2. The minimum Gasteiger partial charge on any atom is -0.394 e. The van der Waals surface area contributed by atoms with Gasteiger partial charge >= 0.3 is 0 Å². The number of aliphatic hydroxyl groups excluding tert-OH is 1. The monoisotopic (exact) mass is 306 g/mol. The van der Waals surface area contributed by atoms with Crippen LogP contribution in [0.25, 0.3) is 10.2 Å². The van der Waals surface area contributed by atoms with Crippen LogP contribution < -0.4 is 10.6 Å². The topological polar surface area (TPSA) is 87.1 Å². The first-order valence-electron chi connectivity index (χ1n) is 6.59. The van der Waals surface area contributed by atoms with Gasteiger partial charge in [-0.15, -0.1) is 17.9 Å². The zero-order valence-electron chi connectivity index (χ0n) is 12.0. The molecule has 2 rings (SSSR count). The molecule has 2 heterocycles. The third-order valence-corrected chi connectivity index (χ3v) is 4.20. The van der Waals surface area contributed by atoms with E-state index >= 15 is 0 Å². The van der Waals surface area contributed by atoms with Crippen molar-refractivity contribution in [1.82, 2.24) is 15.3 Å². The van der Waals surface area contributed by atoms with Gasteiger partial charge in [-0.05, 0) is 19.4 Å². The van der Waals surface area contributed by atoms with E-state index in [0.717, 1.165) is 15.8 Å². The van der Waals surface area contributed by atoms with Crippen LogP contribution in [0.3, 0.4) is 0 Å². The van der Waals surface area contributed by atoms with Gasteiger partial charge in [0.1, 0.15) is 17.0 Å². The van der Waals surface area contributed by atoms with Gasteiger partial charge in [-0.2, -0.15) is 0 Å². The van der Waals surface area contributed by atoms with Crippen LogP contribution in [0.1, 0.15) is 22.2 Å². The molecule has 0 radical (unpaired) electrons. The smallest absolute Gasteiger partial charge is 0.262 e. The van der Waals surface area contributed by atoms with Crippen molar-refractivity contribution in [2.75, 3.05) is 18.5 Å². The number of nitrogens with one attached hydrogen (secondary N) is 2. The molecular formula is C14H18N4O2S. The van der Waals surface area contributed by atoms with Gasteiger partial charge < -0.3 is 15.7 Å². The maximum Gasteiger partial charge on any atom is 0.262 e. The van der Waals surface area contributed by atoms with E-state index in [1.165, 1.54) is 17.7 Å². The second-order valence-electron chi connectivity index (χ2n) is 4.69. The average Bonchev–Trinajstić information content (AvgIpc) is 2.83. The van der Waals surface area contributed by atoms with Gasteiger partial charge in [-0.1, -0.05) is 6.08 Å². The Morgan fingerprint density at radius 2 is 2.33 bits per heavy atom. The quantitative estimate of drug-likeness (QED) is 0.707. The molecule has 0 fully saturated rings. The van der Waals surface area contributed by atoms with Gasteiger partial charge in [0.25, 0.3) is 5.91 Å². The highest BCUT2D eigenvalue weighted by atomic mass is 32.1. The number of nitrogens with zero attached hydrogens (tertiary/aromatic N) is 2. The van der Waals surface area contributed by atoms with Gasteiger partial charge in [0.2, 0.25) is 0 Å². The number of fused-ring (bicyclic) bond motifs is 1. The molecule has 112 valence electrons. The van der Waals surface area contributed by atoms with Crippen molar-refractivity contribution in [2.24, 2.45) is 0 Å². The van der Waals surface area contributed by atoms with Crippen LogP contribution in [-0.4, -0.2) is 40.2 Å². The number of thiophene rings is 1. The van der Waals surface area contributed by atoms with Gasteiger partial charge in [0.05, 0.1) is 16.9 Å². The van der Waals surface area contributed by atoms with Gasteiger partial charge in [-0.25, -0.2) is 9.97 Å². The Bertz CT molecular complexity index is 668. The molecule has 0 aliphatic carbocycles. The highest BCUT2D eigenvalue weighted by molar-refractivity contribution is 7.20. The van der Waals surface area contributed by atoms with Crippen LogP contribution in [0.5, 0.6) is 0 Å². The molecule has 0 aliphatic rings. The first kappa shape index (κ1) is 15.4. The zero-order valence-corrected chi connectivity index (χ0v) is 12.8. The number of amides is 1. The normalized spacial score (nSPS) is 12.1. The molecule has 0 aliphatic heterocycles. The van der Waals surface area contributed by atoms with Gasteiger partial charge in [0.15, 0.2) is 0 Å². The van der Waals surface area contributed by atoms with E-state index in [2.05, 4.69) is 27.2 Å². The van der Waals surface area contributed by atoms with E-state index < -0.39 is 0 Å². The molecule has 0 saturated carbocycles. The van der Waals surface area contributed by atoms with Crippen LogP contribution in [0.4, 0.5) is 5.82 Å². The second-order valence-corrected chi connectivity index (χ2v) is 5.68. The molecular weight excluding hydrogens is 288 g/mol. The molecule has 1 unspecified atom stereocenters. The summed E-state index contributed by atoms with van der Waals surface area (Å²) < 4.78 is 0. The Morgan fingerprint density at radius 3 is 3.00 bits per heavy atom. The first-order chi connectivity index (χ1) is 10.1. The van der Waals surface area contributed by atoms with Crippen molar-refractivity contribution in [1.29, 1.82) is 0 Å². The molecule has 0 saturated heterocycles. The largest absolute Gasteiger partial charge is 0.394 e. The molecule has 0 spiro atoms. The summed E-state index contributed by atoms with van der Waals surface area (Å²) in [6.45, 7) is 7.78. The number of carbonyl (C=O) groups excluding carboxylic acids is 1. The number of hydrogen-bond acceptors (Lipinski definition) is 6. The third kappa shape index (κ3) is 3.20. The fraction of sp³-hybridized carbons (Fsp3) is 0.357. The predicted molar refractivity (Wildman–Crippen MR) is 84.9 cm³/mol. The maximum absolute atomic E-state index is 12.2. The van der Waals surface area contributed by atoms with Crippen LogP contribution in [-0.2, 0) is 0 Å². The molecule has 6 nitrogen and oxygen atoms in total. The van der Waals surface area contributed by atoms with Crippen molar-refractivity contribution in [3.8, 4) is 0 Å². The summed E-state index contributed by atoms with van der Waals surface area (Å²) in [6, 6.07) is -0.286. The summed E-state index contributed by atoms with van der Waals surface area (Å²) >= 11 is 1.32. The fourth-order valence-electron chi connectivity index (χ4n) is 1.93. The van der Waals surface area contributed by atoms with Crippen molar-refractivity contribution < 1.29 is 9.90 Å². The Balaban J connectivity index is 2.41.